The lowest BCUT2D eigenvalue weighted by atomic mass is 10.1. The van der Waals surface area contributed by atoms with E-state index in [1.807, 2.05) is 0 Å². The summed E-state index contributed by atoms with van der Waals surface area (Å²) in [5.41, 5.74) is 1.05. The monoisotopic (exact) mass is 305 g/mol. The molecule has 0 heterocycles. The van der Waals surface area contributed by atoms with Gasteiger partial charge in [-0.25, -0.2) is 0 Å². The highest BCUT2D eigenvalue weighted by molar-refractivity contribution is 6.31. The van der Waals surface area contributed by atoms with Gasteiger partial charge in [0.15, 0.2) is 0 Å². The molecule has 0 atom stereocenters. The first-order valence-electron chi connectivity index (χ1n) is 6.04. The number of hydrogen-bond donors (Lipinski definition) is 2. The molecule has 0 aromatic heterocycles. The lowest BCUT2D eigenvalue weighted by Crippen LogP contribution is -2.12. The van der Waals surface area contributed by atoms with E-state index in [9.17, 15) is 14.9 Å². The molecule has 0 saturated carbocycles. The Balaban J connectivity index is 2.25. The summed E-state index contributed by atoms with van der Waals surface area (Å²) in [4.78, 5) is 22.5. The van der Waals surface area contributed by atoms with Gasteiger partial charge in [0, 0.05) is 29.4 Å². The zero-order valence-electron chi connectivity index (χ0n) is 11.1. The average Bonchev–Trinajstić information content (AvgIpc) is 2.46. The molecular formula is C14H12ClN3O3. The Labute approximate surface area is 125 Å². The minimum Gasteiger partial charge on any atom is -0.383 e. The van der Waals surface area contributed by atoms with E-state index in [2.05, 4.69) is 10.6 Å². The van der Waals surface area contributed by atoms with E-state index in [4.69, 9.17) is 11.6 Å². The summed E-state index contributed by atoms with van der Waals surface area (Å²) in [5, 5.41) is 16.7. The second-order valence-corrected chi connectivity index (χ2v) is 4.64. The number of nitro groups is 1. The first-order chi connectivity index (χ1) is 10.0. The largest absolute Gasteiger partial charge is 0.383 e. The van der Waals surface area contributed by atoms with Crippen LogP contribution < -0.4 is 10.6 Å². The van der Waals surface area contributed by atoms with Crippen molar-refractivity contribution >= 4 is 34.6 Å². The Bertz CT molecular complexity index is 704. The molecule has 0 spiro atoms. The number of carbonyl (C=O) groups excluding carboxylic acids is 1. The van der Waals surface area contributed by atoms with E-state index in [1.54, 1.807) is 31.3 Å². The second kappa shape index (κ2) is 6.23. The molecule has 7 heteroatoms. The predicted molar refractivity (Wildman–Crippen MR) is 82.0 cm³/mol. The van der Waals surface area contributed by atoms with E-state index in [1.165, 1.54) is 18.2 Å². The standard InChI is InChI=1S/C14H12ClN3O3/c1-16-12-7-9(5-6-13(12)18(20)21)14(19)17-11-4-2-3-10(15)8-11/h2-8,16H,1H3,(H,17,19). The van der Waals surface area contributed by atoms with Crippen LogP contribution in [-0.4, -0.2) is 17.9 Å². The van der Waals surface area contributed by atoms with Crippen LogP contribution in [0.25, 0.3) is 0 Å². The molecule has 0 radical (unpaired) electrons. The summed E-state index contributed by atoms with van der Waals surface area (Å²) in [5.74, 6) is -0.372. The molecule has 6 nitrogen and oxygen atoms in total. The molecule has 21 heavy (non-hydrogen) atoms. The Morgan fingerprint density at radius 1 is 1.24 bits per heavy atom. The number of amides is 1. The topological polar surface area (TPSA) is 84.3 Å². The number of rotatable bonds is 4. The maximum absolute atomic E-state index is 12.1. The molecule has 2 aromatic rings. The van der Waals surface area contributed by atoms with Crippen molar-refractivity contribution in [1.29, 1.82) is 0 Å². The predicted octanol–water partition coefficient (Wildman–Crippen LogP) is 3.54. The van der Waals surface area contributed by atoms with Gasteiger partial charge in [-0.15, -0.1) is 0 Å². The van der Waals surface area contributed by atoms with Crippen molar-refractivity contribution in [3.8, 4) is 0 Å². The molecule has 0 fully saturated rings. The Kier molecular flexibility index (Phi) is 4.39. The third-order valence-electron chi connectivity index (χ3n) is 2.81. The van der Waals surface area contributed by atoms with Crippen LogP contribution in [0, 0.1) is 10.1 Å². The lowest BCUT2D eigenvalue weighted by Gasteiger charge is -2.08. The van der Waals surface area contributed by atoms with Crippen molar-refractivity contribution in [2.24, 2.45) is 0 Å². The summed E-state index contributed by atoms with van der Waals surface area (Å²) in [7, 11) is 1.56. The quantitative estimate of drug-likeness (QED) is 0.668. The Hall–Kier alpha value is -2.60. The first kappa shape index (κ1) is 14.8. The van der Waals surface area contributed by atoms with Crippen molar-refractivity contribution in [1.82, 2.24) is 0 Å². The minimum absolute atomic E-state index is 0.0863. The molecule has 0 saturated heterocycles. The molecule has 1 amide bonds. The van der Waals surface area contributed by atoms with Crippen molar-refractivity contribution in [2.75, 3.05) is 17.7 Å². The molecule has 0 aliphatic rings. The summed E-state index contributed by atoms with van der Waals surface area (Å²) in [6, 6.07) is 10.8. The van der Waals surface area contributed by atoms with Gasteiger partial charge in [-0.3, -0.25) is 14.9 Å². The van der Waals surface area contributed by atoms with Gasteiger partial charge in [-0.2, -0.15) is 0 Å². The number of hydrogen-bond acceptors (Lipinski definition) is 4. The van der Waals surface area contributed by atoms with Gasteiger partial charge in [-0.1, -0.05) is 17.7 Å². The molecule has 0 aliphatic heterocycles. The van der Waals surface area contributed by atoms with Gasteiger partial charge in [0.2, 0.25) is 0 Å². The van der Waals surface area contributed by atoms with Crippen LogP contribution in [0.4, 0.5) is 17.1 Å². The number of benzene rings is 2. The van der Waals surface area contributed by atoms with Crippen LogP contribution in [0.1, 0.15) is 10.4 Å². The minimum atomic E-state index is -0.509. The third-order valence-corrected chi connectivity index (χ3v) is 3.04. The molecule has 108 valence electrons. The number of halogens is 1. The maximum atomic E-state index is 12.1. The van der Waals surface area contributed by atoms with Crippen molar-refractivity contribution in [3.05, 3.63) is 63.2 Å². The highest BCUT2D eigenvalue weighted by Gasteiger charge is 2.16. The fourth-order valence-corrected chi connectivity index (χ4v) is 2.00. The maximum Gasteiger partial charge on any atom is 0.292 e. The van der Waals surface area contributed by atoms with Gasteiger partial charge in [0.25, 0.3) is 11.6 Å². The number of carbonyl (C=O) groups is 1. The van der Waals surface area contributed by atoms with Crippen LogP contribution in [0.3, 0.4) is 0 Å². The van der Waals surface area contributed by atoms with E-state index < -0.39 is 4.92 Å². The Morgan fingerprint density at radius 2 is 2.00 bits per heavy atom. The zero-order valence-corrected chi connectivity index (χ0v) is 11.8. The summed E-state index contributed by atoms with van der Waals surface area (Å²) in [6.07, 6.45) is 0. The second-order valence-electron chi connectivity index (χ2n) is 4.20. The number of anilines is 2. The molecule has 0 bridgehead atoms. The van der Waals surface area contributed by atoms with Gasteiger partial charge in [-0.05, 0) is 30.3 Å². The van der Waals surface area contributed by atoms with E-state index >= 15 is 0 Å². The van der Waals surface area contributed by atoms with Gasteiger partial charge in [0.1, 0.15) is 5.69 Å². The molecular weight excluding hydrogens is 294 g/mol. The van der Waals surface area contributed by atoms with Gasteiger partial charge >= 0.3 is 0 Å². The smallest absolute Gasteiger partial charge is 0.292 e. The first-order valence-corrected chi connectivity index (χ1v) is 6.42. The molecule has 2 rings (SSSR count). The summed E-state index contributed by atoms with van der Waals surface area (Å²) in [6.45, 7) is 0. The lowest BCUT2D eigenvalue weighted by molar-refractivity contribution is -0.383. The van der Waals surface area contributed by atoms with Crippen molar-refractivity contribution < 1.29 is 9.72 Å². The van der Waals surface area contributed by atoms with Crippen LogP contribution in [0.2, 0.25) is 5.02 Å². The Morgan fingerprint density at radius 3 is 2.62 bits per heavy atom. The van der Waals surface area contributed by atoms with Gasteiger partial charge in [0.05, 0.1) is 4.92 Å². The number of nitrogens with one attached hydrogen (secondary N) is 2. The van der Waals surface area contributed by atoms with Gasteiger partial charge < -0.3 is 10.6 Å². The van der Waals surface area contributed by atoms with Crippen LogP contribution >= 0.6 is 11.6 Å². The van der Waals surface area contributed by atoms with Crippen LogP contribution in [-0.2, 0) is 0 Å². The fraction of sp³-hybridized carbons (Fsp3) is 0.0714. The SMILES string of the molecule is CNc1cc(C(=O)Nc2cccc(Cl)c2)ccc1[N+](=O)[O-]. The third kappa shape index (κ3) is 3.49. The normalized spacial score (nSPS) is 10.0. The van der Waals surface area contributed by atoms with Crippen molar-refractivity contribution in [2.45, 2.75) is 0 Å². The summed E-state index contributed by atoms with van der Waals surface area (Å²) >= 11 is 5.84. The van der Waals surface area contributed by atoms with E-state index in [0.29, 0.717) is 16.3 Å². The highest BCUT2D eigenvalue weighted by atomic mass is 35.5. The molecule has 0 aliphatic carbocycles. The molecule has 2 aromatic carbocycles. The van der Waals surface area contributed by atoms with Crippen LogP contribution in [0.15, 0.2) is 42.5 Å². The molecule has 0 unspecified atom stereocenters. The summed E-state index contributed by atoms with van der Waals surface area (Å²) < 4.78 is 0. The number of nitro benzene ring substituents is 1. The van der Waals surface area contributed by atoms with E-state index in [0.717, 1.165) is 0 Å². The number of nitrogens with zero attached hydrogens (tertiary/aromatic N) is 1. The van der Waals surface area contributed by atoms with E-state index in [-0.39, 0.29) is 17.3 Å². The average molecular weight is 306 g/mol. The van der Waals surface area contributed by atoms with Crippen LogP contribution in [0.5, 0.6) is 0 Å². The molecule has 2 N–H and O–H groups in total. The zero-order chi connectivity index (χ0) is 15.4. The van der Waals surface area contributed by atoms with Crippen molar-refractivity contribution in [3.63, 3.8) is 0 Å². The fourth-order valence-electron chi connectivity index (χ4n) is 1.81. The highest BCUT2D eigenvalue weighted by Crippen LogP contribution is 2.25.